The molecule has 0 atom stereocenters. The molecule has 0 unspecified atom stereocenters. The summed E-state index contributed by atoms with van der Waals surface area (Å²) < 4.78 is 1.74. The van der Waals surface area contributed by atoms with Crippen LogP contribution in [0.5, 0.6) is 0 Å². The molecule has 1 amide bonds. The number of aryl methyl sites for hydroxylation is 1. The third-order valence-corrected chi connectivity index (χ3v) is 6.02. The van der Waals surface area contributed by atoms with E-state index in [1.54, 1.807) is 41.1 Å². The fourth-order valence-corrected chi connectivity index (χ4v) is 4.25. The van der Waals surface area contributed by atoms with Gasteiger partial charge in [-0.05, 0) is 24.3 Å². The number of aromatic nitrogens is 4. The summed E-state index contributed by atoms with van der Waals surface area (Å²) in [5.41, 5.74) is 1.46. The van der Waals surface area contributed by atoms with Crippen molar-refractivity contribution >= 4 is 34.5 Å². The fourth-order valence-electron chi connectivity index (χ4n) is 3.41. The summed E-state index contributed by atoms with van der Waals surface area (Å²) in [7, 11) is 1.87. The van der Waals surface area contributed by atoms with Gasteiger partial charge >= 0.3 is 0 Å². The molecule has 3 aromatic rings. The molecule has 0 aliphatic carbocycles. The summed E-state index contributed by atoms with van der Waals surface area (Å²) in [6.07, 6.45) is 3.87. The Bertz CT molecular complexity index is 1050. The van der Waals surface area contributed by atoms with E-state index in [0.29, 0.717) is 25.1 Å². The molecular weight excluding hydrogens is 386 g/mol. The predicted octanol–water partition coefficient (Wildman–Crippen LogP) is 2.07. The molecule has 0 saturated carbocycles. The first-order valence-corrected chi connectivity index (χ1v) is 10.4. The van der Waals surface area contributed by atoms with Gasteiger partial charge in [0.05, 0.1) is 23.2 Å². The number of carbonyl (C=O) groups is 1. The zero-order valence-corrected chi connectivity index (χ0v) is 17.0. The van der Waals surface area contributed by atoms with Gasteiger partial charge in [0.25, 0.3) is 0 Å². The second-order valence-corrected chi connectivity index (χ2v) is 7.97. The van der Waals surface area contributed by atoms with E-state index < -0.39 is 0 Å². The quantitative estimate of drug-likeness (QED) is 0.598. The molecule has 29 heavy (non-hydrogen) atoms. The van der Waals surface area contributed by atoms with Crippen LogP contribution >= 0.6 is 11.8 Å². The molecule has 4 rings (SSSR count). The van der Waals surface area contributed by atoms with Crippen molar-refractivity contribution in [2.24, 2.45) is 7.05 Å². The van der Waals surface area contributed by atoms with Gasteiger partial charge in [-0.3, -0.25) is 9.48 Å². The molecule has 0 bridgehead atoms. The van der Waals surface area contributed by atoms with Crippen molar-refractivity contribution < 1.29 is 4.79 Å². The average molecular weight is 408 g/mol. The molecule has 9 heteroatoms. The number of amides is 1. The molecule has 0 spiro atoms. The maximum Gasteiger partial charge on any atom is 0.223 e. The monoisotopic (exact) mass is 407 g/mol. The Labute approximate surface area is 173 Å². The number of carbonyl (C=O) groups excluding carboxylic acids is 1. The Morgan fingerprint density at radius 2 is 1.93 bits per heavy atom. The van der Waals surface area contributed by atoms with Gasteiger partial charge < -0.3 is 9.80 Å². The van der Waals surface area contributed by atoms with E-state index in [1.807, 2.05) is 24.1 Å². The minimum atomic E-state index is 0.181. The van der Waals surface area contributed by atoms with E-state index >= 15 is 0 Å². The number of piperazine rings is 1. The zero-order valence-electron chi connectivity index (χ0n) is 16.2. The molecule has 0 N–H and O–H groups in total. The van der Waals surface area contributed by atoms with Crippen LogP contribution < -0.4 is 4.90 Å². The third-order valence-electron chi connectivity index (χ3n) is 5.01. The van der Waals surface area contributed by atoms with Crippen molar-refractivity contribution in [1.29, 1.82) is 5.26 Å². The van der Waals surface area contributed by atoms with Crippen molar-refractivity contribution in [2.75, 3.05) is 36.8 Å². The highest BCUT2D eigenvalue weighted by molar-refractivity contribution is 7.99. The van der Waals surface area contributed by atoms with E-state index in [1.165, 1.54) is 0 Å². The van der Waals surface area contributed by atoms with Crippen molar-refractivity contribution in [1.82, 2.24) is 24.6 Å². The lowest BCUT2D eigenvalue weighted by atomic mass is 10.2. The van der Waals surface area contributed by atoms with Crippen LogP contribution in [0.25, 0.3) is 11.0 Å². The van der Waals surface area contributed by atoms with Crippen molar-refractivity contribution in [2.45, 2.75) is 11.3 Å². The maximum absolute atomic E-state index is 12.6. The summed E-state index contributed by atoms with van der Waals surface area (Å²) in [6.45, 7) is 2.86. The topological polar surface area (TPSA) is 90.9 Å². The second-order valence-electron chi connectivity index (χ2n) is 6.81. The highest BCUT2D eigenvalue weighted by Crippen LogP contribution is 2.24. The fraction of sp³-hybridized carbons (Fsp3) is 0.350. The Balaban J connectivity index is 1.28. The normalized spacial score (nSPS) is 14.2. The number of nitrogens with zero attached hydrogens (tertiary/aromatic N) is 7. The number of thioether (sulfide) groups is 1. The van der Waals surface area contributed by atoms with Crippen LogP contribution in [-0.2, 0) is 11.8 Å². The van der Waals surface area contributed by atoms with Crippen LogP contribution in [-0.4, -0.2) is 62.5 Å². The van der Waals surface area contributed by atoms with E-state index in [2.05, 4.69) is 26.0 Å². The van der Waals surface area contributed by atoms with Crippen molar-refractivity contribution in [3.8, 4) is 6.07 Å². The molecule has 3 heterocycles. The Morgan fingerprint density at radius 1 is 1.17 bits per heavy atom. The standard InChI is InChI=1S/C20H21N7OS/c1-25-19-17(13-24-25)20(23-14-22-19)27-9-7-26(8-10-27)18(28)6-11-29-16-4-2-15(12-21)3-5-16/h2-5,13-14H,6-11H2,1H3. The second kappa shape index (κ2) is 8.49. The number of hydrogen-bond acceptors (Lipinski definition) is 7. The molecule has 1 fully saturated rings. The summed E-state index contributed by atoms with van der Waals surface area (Å²) in [6, 6.07) is 9.56. The Hall–Kier alpha value is -3.12. The van der Waals surface area contributed by atoms with Gasteiger partial charge in [-0.2, -0.15) is 10.4 Å². The number of hydrogen-bond donors (Lipinski definition) is 0. The smallest absolute Gasteiger partial charge is 0.223 e. The van der Waals surface area contributed by atoms with E-state index in [-0.39, 0.29) is 5.91 Å². The van der Waals surface area contributed by atoms with Crippen LogP contribution in [0.15, 0.2) is 41.7 Å². The molecule has 0 radical (unpaired) electrons. The lowest BCUT2D eigenvalue weighted by molar-refractivity contribution is -0.131. The average Bonchev–Trinajstić information content (AvgIpc) is 3.15. The molecule has 1 aliphatic heterocycles. The van der Waals surface area contributed by atoms with Crippen LogP contribution in [0.2, 0.25) is 0 Å². The molecule has 1 aliphatic rings. The minimum Gasteiger partial charge on any atom is -0.352 e. The summed E-state index contributed by atoms with van der Waals surface area (Å²) in [5, 5.41) is 14.1. The number of nitriles is 1. The lowest BCUT2D eigenvalue weighted by Gasteiger charge is -2.35. The van der Waals surface area contributed by atoms with Gasteiger partial charge in [0.1, 0.15) is 12.1 Å². The third kappa shape index (κ3) is 4.17. The van der Waals surface area contributed by atoms with Crippen molar-refractivity contribution in [3.63, 3.8) is 0 Å². The van der Waals surface area contributed by atoms with E-state index in [9.17, 15) is 4.79 Å². The summed E-state index contributed by atoms with van der Waals surface area (Å²) >= 11 is 1.64. The van der Waals surface area contributed by atoms with Crippen LogP contribution in [0.3, 0.4) is 0 Å². The largest absolute Gasteiger partial charge is 0.352 e. The highest BCUT2D eigenvalue weighted by atomic mass is 32.2. The Morgan fingerprint density at radius 3 is 2.66 bits per heavy atom. The molecule has 148 valence electrons. The first-order chi connectivity index (χ1) is 14.2. The van der Waals surface area contributed by atoms with Gasteiger partial charge in [-0.25, -0.2) is 9.97 Å². The predicted molar refractivity (Wildman–Crippen MR) is 112 cm³/mol. The molecular formula is C20H21N7OS. The number of fused-ring (bicyclic) bond motifs is 1. The van der Waals surface area contributed by atoms with Crippen LogP contribution in [0.1, 0.15) is 12.0 Å². The van der Waals surface area contributed by atoms with Gasteiger partial charge in [0.2, 0.25) is 5.91 Å². The first kappa shape index (κ1) is 19.2. The van der Waals surface area contributed by atoms with Gasteiger partial charge in [0.15, 0.2) is 5.65 Å². The number of benzene rings is 1. The molecule has 8 nitrogen and oxygen atoms in total. The molecule has 1 saturated heterocycles. The van der Waals surface area contributed by atoms with Gasteiger partial charge in [-0.15, -0.1) is 11.8 Å². The van der Waals surface area contributed by atoms with Gasteiger partial charge in [-0.1, -0.05) is 0 Å². The zero-order chi connectivity index (χ0) is 20.2. The lowest BCUT2D eigenvalue weighted by Crippen LogP contribution is -2.49. The van der Waals surface area contributed by atoms with Crippen LogP contribution in [0.4, 0.5) is 5.82 Å². The highest BCUT2D eigenvalue weighted by Gasteiger charge is 2.23. The minimum absolute atomic E-state index is 0.181. The number of anilines is 1. The Kier molecular flexibility index (Phi) is 5.62. The number of rotatable bonds is 5. The van der Waals surface area contributed by atoms with Crippen molar-refractivity contribution in [3.05, 3.63) is 42.4 Å². The molecule has 2 aromatic heterocycles. The SMILES string of the molecule is Cn1ncc2c(N3CCN(C(=O)CCSc4ccc(C#N)cc4)CC3)ncnc21. The summed E-state index contributed by atoms with van der Waals surface area (Å²) in [4.78, 5) is 26.5. The van der Waals surface area contributed by atoms with Gasteiger partial charge in [0, 0.05) is 50.3 Å². The first-order valence-electron chi connectivity index (χ1n) is 9.44. The van der Waals surface area contributed by atoms with E-state index in [0.717, 1.165) is 40.6 Å². The maximum atomic E-state index is 12.6. The molecule has 1 aromatic carbocycles. The summed E-state index contributed by atoms with van der Waals surface area (Å²) in [5.74, 6) is 1.79. The van der Waals surface area contributed by atoms with E-state index in [4.69, 9.17) is 5.26 Å². The van der Waals surface area contributed by atoms with Crippen LogP contribution in [0, 0.1) is 11.3 Å².